The first-order valence-electron chi connectivity index (χ1n) is 8.70. The summed E-state index contributed by atoms with van der Waals surface area (Å²) >= 11 is 0. The van der Waals surface area contributed by atoms with Crippen LogP contribution in [-0.2, 0) is 4.79 Å². The summed E-state index contributed by atoms with van der Waals surface area (Å²) in [6.45, 7) is 1.76. The molecule has 3 heterocycles. The maximum Gasteiger partial charge on any atom is 0.289 e. The Kier molecular flexibility index (Phi) is 4.31. The van der Waals surface area contributed by atoms with Gasteiger partial charge in [-0.2, -0.15) is 0 Å². The number of benzene rings is 1. The normalized spacial score (nSPS) is 16.8. The molecule has 1 saturated heterocycles. The van der Waals surface area contributed by atoms with Gasteiger partial charge in [0.15, 0.2) is 12.4 Å². The van der Waals surface area contributed by atoms with Crippen molar-refractivity contribution in [1.29, 1.82) is 0 Å². The molecule has 2 aromatic rings. The van der Waals surface area contributed by atoms with Crippen LogP contribution in [0.15, 0.2) is 41.0 Å². The average Bonchev–Trinajstić information content (AvgIpc) is 3.24. The van der Waals surface area contributed by atoms with Gasteiger partial charge in [0.2, 0.25) is 0 Å². The van der Waals surface area contributed by atoms with Crippen LogP contribution in [0.5, 0.6) is 5.75 Å². The van der Waals surface area contributed by atoms with E-state index < -0.39 is 0 Å². The second-order valence-electron chi connectivity index (χ2n) is 6.49. The van der Waals surface area contributed by atoms with E-state index >= 15 is 0 Å². The van der Waals surface area contributed by atoms with Crippen LogP contribution >= 0.6 is 0 Å². The van der Waals surface area contributed by atoms with Crippen molar-refractivity contribution >= 4 is 23.4 Å². The standard InChI is InChI=1S/C19H19N3O5/c1-20-14-11-13(4-5-15(14)27-12-17(20)23)18(24)21-6-8-22(9-7-21)19(25)16-3-2-10-26-16/h2-5,10-11H,6-9,12H2,1H3. The van der Waals surface area contributed by atoms with Crippen molar-refractivity contribution in [3.63, 3.8) is 0 Å². The molecule has 27 heavy (non-hydrogen) atoms. The molecule has 140 valence electrons. The number of hydrogen-bond donors (Lipinski definition) is 0. The minimum atomic E-state index is -0.168. The van der Waals surface area contributed by atoms with Gasteiger partial charge in [-0.15, -0.1) is 0 Å². The van der Waals surface area contributed by atoms with Crippen molar-refractivity contribution in [3.8, 4) is 5.75 Å². The van der Waals surface area contributed by atoms with Gasteiger partial charge in [0.25, 0.3) is 17.7 Å². The molecule has 0 spiro atoms. The number of amides is 3. The number of carbonyl (C=O) groups excluding carboxylic acids is 3. The van der Waals surface area contributed by atoms with E-state index in [1.807, 2.05) is 0 Å². The van der Waals surface area contributed by atoms with Gasteiger partial charge in [0, 0.05) is 38.8 Å². The summed E-state index contributed by atoms with van der Waals surface area (Å²) in [5.74, 6) is 0.435. The average molecular weight is 369 g/mol. The first kappa shape index (κ1) is 17.1. The number of fused-ring (bicyclic) bond motifs is 1. The molecule has 0 saturated carbocycles. The Bertz CT molecular complexity index is 885. The SMILES string of the molecule is CN1C(=O)COc2ccc(C(=O)N3CCN(C(=O)c4ccco4)CC3)cc21. The summed E-state index contributed by atoms with van der Waals surface area (Å²) in [7, 11) is 1.66. The van der Waals surface area contributed by atoms with Crippen molar-refractivity contribution in [2.75, 3.05) is 44.7 Å². The molecule has 2 aliphatic rings. The van der Waals surface area contributed by atoms with E-state index in [0.717, 1.165) is 0 Å². The van der Waals surface area contributed by atoms with E-state index in [-0.39, 0.29) is 24.3 Å². The highest BCUT2D eigenvalue weighted by atomic mass is 16.5. The van der Waals surface area contributed by atoms with Crippen molar-refractivity contribution in [2.45, 2.75) is 0 Å². The number of anilines is 1. The first-order valence-corrected chi connectivity index (χ1v) is 8.70. The van der Waals surface area contributed by atoms with Crippen molar-refractivity contribution in [3.05, 3.63) is 47.9 Å². The van der Waals surface area contributed by atoms with Crippen molar-refractivity contribution in [2.24, 2.45) is 0 Å². The largest absolute Gasteiger partial charge is 0.482 e. The van der Waals surface area contributed by atoms with E-state index in [1.54, 1.807) is 47.2 Å². The van der Waals surface area contributed by atoms with E-state index in [2.05, 4.69) is 0 Å². The van der Waals surface area contributed by atoms with Crippen LogP contribution in [0.3, 0.4) is 0 Å². The Morgan fingerprint density at radius 3 is 2.37 bits per heavy atom. The minimum absolute atomic E-state index is 0.00243. The third-order valence-electron chi connectivity index (χ3n) is 4.88. The fraction of sp³-hybridized carbons (Fsp3) is 0.316. The zero-order valence-corrected chi connectivity index (χ0v) is 14.9. The highest BCUT2D eigenvalue weighted by Gasteiger charge is 2.28. The highest BCUT2D eigenvalue weighted by molar-refractivity contribution is 6.01. The lowest BCUT2D eigenvalue weighted by atomic mass is 10.1. The molecule has 0 N–H and O–H groups in total. The van der Waals surface area contributed by atoms with Crippen LogP contribution in [0.2, 0.25) is 0 Å². The fourth-order valence-electron chi connectivity index (χ4n) is 3.26. The molecule has 1 aromatic carbocycles. The Balaban J connectivity index is 1.44. The number of rotatable bonds is 2. The van der Waals surface area contributed by atoms with Gasteiger partial charge in [0.05, 0.1) is 12.0 Å². The third-order valence-corrected chi connectivity index (χ3v) is 4.88. The Morgan fingerprint density at radius 2 is 1.70 bits per heavy atom. The van der Waals surface area contributed by atoms with E-state index in [1.165, 1.54) is 11.2 Å². The molecular weight excluding hydrogens is 350 g/mol. The van der Waals surface area contributed by atoms with Gasteiger partial charge in [-0.1, -0.05) is 0 Å². The number of furan rings is 1. The number of carbonyl (C=O) groups is 3. The monoisotopic (exact) mass is 369 g/mol. The van der Waals surface area contributed by atoms with E-state index in [4.69, 9.17) is 9.15 Å². The summed E-state index contributed by atoms with van der Waals surface area (Å²) < 4.78 is 10.5. The first-order chi connectivity index (χ1) is 13.0. The topological polar surface area (TPSA) is 83.3 Å². The van der Waals surface area contributed by atoms with Crippen LogP contribution in [-0.4, -0.2) is 67.4 Å². The molecule has 1 aromatic heterocycles. The predicted octanol–water partition coefficient (Wildman–Crippen LogP) is 1.23. The molecule has 2 aliphatic heterocycles. The fourth-order valence-corrected chi connectivity index (χ4v) is 3.26. The van der Waals surface area contributed by atoms with Gasteiger partial charge < -0.3 is 23.9 Å². The number of hydrogen-bond acceptors (Lipinski definition) is 5. The van der Waals surface area contributed by atoms with E-state index in [9.17, 15) is 14.4 Å². The zero-order valence-electron chi connectivity index (χ0n) is 14.9. The van der Waals surface area contributed by atoms with Gasteiger partial charge >= 0.3 is 0 Å². The molecule has 4 rings (SSSR count). The summed E-state index contributed by atoms with van der Waals surface area (Å²) in [6.07, 6.45) is 1.47. The molecule has 0 bridgehead atoms. The molecule has 0 atom stereocenters. The van der Waals surface area contributed by atoms with Crippen LogP contribution < -0.4 is 9.64 Å². The Morgan fingerprint density at radius 1 is 1.00 bits per heavy atom. The Labute approximate surface area is 155 Å². The summed E-state index contributed by atoms with van der Waals surface area (Å²) in [4.78, 5) is 41.8. The maximum absolute atomic E-state index is 12.8. The van der Waals surface area contributed by atoms with Gasteiger partial charge in [-0.05, 0) is 30.3 Å². The van der Waals surface area contributed by atoms with Crippen LogP contribution in [0, 0.1) is 0 Å². The number of nitrogens with zero attached hydrogens (tertiary/aromatic N) is 3. The smallest absolute Gasteiger partial charge is 0.289 e. The van der Waals surface area contributed by atoms with Gasteiger partial charge in [-0.3, -0.25) is 14.4 Å². The summed E-state index contributed by atoms with van der Waals surface area (Å²) in [5, 5.41) is 0. The van der Waals surface area contributed by atoms with Crippen molar-refractivity contribution < 1.29 is 23.5 Å². The molecule has 8 heteroatoms. The van der Waals surface area contributed by atoms with Gasteiger partial charge in [0.1, 0.15) is 5.75 Å². The van der Waals surface area contributed by atoms with E-state index in [0.29, 0.717) is 48.9 Å². The molecule has 3 amide bonds. The molecule has 1 fully saturated rings. The second kappa shape index (κ2) is 6.79. The molecule has 0 radical (unpaired) electrons. The lowest BCUT2D eigenvalue weighted by Gasteiger charge is -2.34. The van der Waals surface area contributed by atoms with Crippen molar-refractivity contribution in [1.82, 2.24) is 9.80 Å². The third kappa shape index (κ3) is 3.14. The van der Waals surface area contributed by atoms with Crippen LogP contribution in [0.4, 0.5) is 5.69 Å². The quantitative estimate of drug-likeness (QED) is 0.795. The molecule has 0 unspecified atom stereocenters. The van der Waals surface area contributed by atoms with Gasteiger partial charge in [-0.25, -0.2) is 0 Å². The summed E-state index contributed by atoms with van der Waals surface area (Å²) in [5.41, 5.74) is 1.08. The lowest BCUT2D eigenvalue weighted by molar-refractivity contribution is -0.120. The second-order valence-corrected chi connectivity index (χ2v) is 6.49. The number of ether oxygens (including phenoxy) is 1. The lowest BCUT2D eigenvalue weighted by Crippen LogP contribution is -2.50. The maximum atomic E-state index is 12.8. The molecule has 8 nitrogen and oxygen atoms in total. The Hall–Kier alpha value is -3.29. The van der Waals surface area contributed by atoms with Crippen LogP contribution in [0.25, 0.3) is 0 Å². The number of piperazine rings is 1. The highest BCUT2D eigenvalue weighted by Crippen LogP contribution is 2.32. The minimum Gasteiger partial charge on any atom is -0.482 e. The van der Waals surface area contributed by atoms with Crippen LogP contribution in [0.1, 0.15) is 20.9 Å². The number of likely N-dealkylation sites (N-methyl/N-ethyl adjacent to an activating group) is 1. The zero-order chi connectivity index (χ0) is 19.0. The molecular formula is C19H19N3O5. The predicted molar refractivity (Wildman–Crippen MR) is 95.9 cm³/mol. The molecule has 0 aliphatic carbocycles. The summed E-state index contributed by atoms with van der Waals surface area (Å²) in [6, 6.07) is 8.39.